The van der Waals surface area contributed by atoms with E-state index in [0.29, 0.717) is 11.4 Å². The molecule has 0 saturated carbocycles. The van der Waals surface area contributed by atoms with Gasteiger partial charge in [0.15, 0.2) is 0 Å². The van der Waals surface area contributed by atoms with Crippen LogP contribution in [0, 0.1) is 4.78 Å². The van der Waals surface area contributed by atoms with Gasteiger partial charge in [0.1, 0.15) is 0 Å². The van der Waals surface area contributed by atoms with Gasteiger partial charge in [-0.15, -0.1) is 0 Å². The van der Waals surface area contributed by atoms with Gasteiger partial charge in [0, 0.05) is 0 Å². The molecule has 0 aromatic rings. The van der Waals surface area contributed by atoms with E-state index in [2.05, 4.69) is 19.6 Å². The summed E-state index contributed by atoms with van der Waals surface area (Å²) in [5.74, 6) is 0. The second kappa shape index (κ2) is 3.34. The summed E-state index contributed by atoms with van der Waals surface area (Å²) in [6.45, 7) is 0. The molecule has 0 aliphatic carbocycles. The van der Waals surface area contributed by atoms with E-state index >= 15 is 0 Å². The molecule has 23 valence electrons. The molecule has 0 heterocycles. The van der Waals surface area contributed by atoms with E-state index in [1.165, 1.54) is 0 Å². The van der Waals surface area contributed by atoms with Gasteiger partial charge in [0.05, 0.1) is 0 Å². The fraction of sp³-hybridized carbons (Fsp3) is 0. The molecule has 0 bridgehead atoms. The van der Waals surface area contributed by atoms with E-state index in [4.69, 9.17) is 4.78 Å². The first-order valence-corrected chi connectivity index (χ1v) is 2.11. The zero-order valence-electron chi connectivity index (χ0n) is 1.76. The van der Waals surface area contributed by atoms with Crippen LogP contribution < -0.4 is 0 Å². The molecule has 1 radical (unpaired) electrons. The van der Waals surface area contributed by atoms with Crippen molar-refractivity contribution in [2.45, 2.75) is 0 Å². The van der Waals surface area contributed by atoms with Gasteiger partial charge in [0.2, 0.25) is 0 Å². The summed E-state index contributed by atoms with van der Waals surface area (Å²) in [4.78, 5) is 0. The number of rotatable bonds is 0. The maximum atomic E-state index is 6.17. The Balaban J connectivity index is 3.11. The van der Waals surface area contributed by atoms with Crippen LogP contribution in [-0.4, -0.2) is 16.2 Å². The minimum atomic E-state index is 0.676. The van der Waals surface area contributed by atoms with E-state index in [1.807, 2.05) is 0 Å². The average molecular weight is 140 g/mol. The molecule has 1 N–H and O–H groups in total. The van der Waals surface area contributed by atoms with Crippen LogP contribution in [0.4, 0.5) is 0 Å². The van der Waals surface area contributed by atoms with Gasteiger partial charge in [-0.05, 0) is 0 Å². The third-order valence-corrected chi connectivity index (χ3v) is 0.581. The van der Waals surface area contributed by atoms with Crippen LogP contribution in [0.15, 0.2) is 3.38 Å². The Labute approximate surface area is 36.3 Å². The number of nitrogens with one attached hydrogen (secondary N) is 1. The molecule has 4 heavy (non-hydrogen) atoms. The second-order valence-corrected chi connectivity index (χ2v) is 1.44. The van der Waals surface area contributed by atoms with E-state index in [-0.39, 0.29) is 0 Å². The molecule has 0 aromatic heterocycles. The number of hydrogen-bond acceptors (Lipinski definition) is 2. The van der Waals surface area contributed by atoms with Gasteiger partial charge in [0.25, 0.3) is 0 Å². The summed E-state index contributed by atoms with van der Waals surface area (Å²) in [6, 6.07) is 0. The summed E-state index contributed by atoms with van der Waals surface area (Å²) >= 11 is 2.97. The zero-order valence-corrected chi connectivity index (χ0v) is 4.29. The van der Waals surface area contributed by atoms with E-state index < -0.39 is 0 Å². The molecule has 0 amide bonds. The van der Waals surface area contributed by atoms with Crippen LogP contribution >= 0.6 is 0 Å². The Morgan fingerprint density at radius 2 is 2.25 bits per heavy atom. The standard InChI is InChI=1S/HN2SSe/c1-3-2-4/h1H. The first-order chi connectivity index (χ1) is 1.91. The molecular weight excluding hydrogens is 139 g/mol. The van der Waals surface area contributed by atoms with E-state index in [1.54, 1.807) is 0 Å². The monoisotopic (exact) mass is 141 g/mol. The SMILES string of the molecule is N=S=N[Se]. The van der Waals surface area contributed by atoms with Crippen LogP contribution in [-0.2, 0) is 11.4 Å². The maximum absolute atomic E-state index is 6.17. The van der Waals surface area contributed by atoms with Crippen LogP contribution in [0.2, 0.25) is 0 Å². The molecule has 0 spiro atoms. The van der Waals surface area contributed by atoms with Crippen molar-refractivity contribution in [3.8, 4) is 0 Å². The fourth-order valence-electron chi connectivity index (χ4n) is 0. The first kappa shape index (κ1) is 4.34. The molecule has 0 aliphatic heterocycles. The number of nitrogens with zero attached hydrogens (tertiary/aromatic N) is 1. The molecule has 0 unspecified atom stereocenters. The molecule has 0 rings (SSSR count). The Hall–Kier alpha value is 0.339. The van der Waals surface area contributed by atoms with Crippen molar-refractivity contribution in [3.63, 3.8) is 0 Å². The second-order valence-electron chi connectivity index (χ2n) is 0.166. The number of hydrogen-bond donors (Lipinski definition) is 1. The normalized spacial score (nSPS) is 5.25. The topological polar surface area (TPSA) is 36.2 Å². The summed E-state index contributed by atoms with van der Waals surface area (Å²) in [7, 11) is 0. The molecule has 0 atom stereocenters. The fourth-order valence-corrected chi connectivity index (χ4v) is 0. The first-order valence-electron chi connectivity index (χ1n) is 0.569. The summed E-state index contributed by atoms with van der Waals surface area (Å²) < 4.78 is 9.36. The van der Waals surface area contributed by atoms with Crippen molar-refractivity contribution in [1.82, 2.24) is 0 Å². The van der Waals surface area contributed by atoms with Crippen molar-refractivity contribution in [2.75, 3.05) is 0 Å². The predicted octanol–water partition coefficient (Wildman–Crippen LogP) is 0.0985. The summed E-state index contributed by atoms with van der Waals surface area (Å²) in [5.41, 5.74) is 0. The van der Waals surface area contributed by atoms with Gasteiger partial charge in [-0.25, -0.2) is 0 Å². The van der Waals surface area contributed by atoms with E-state index in [0.717, 1.165) is 0 Å². The molecule has 4 heteroatoms. The quantitative estimate of drug-likeness (QED) is 0.463. The van der Waals surface area contributed by atoms with Gasteiger partial charge < -0.3 is 0 Å². The van der Waals surface area contributed by atoms with Crippen molar-refractivity contribution in [3.05, 3.63) is 0 Å². The molecular formula is HN2SSe. The van der Waals surface area contributed by atoms with E-state index in [9.17, 15) is 0 Å². The van der Waals surface area contributed by atoms with Crippen LogP contribution in [0.25, 0.3) is 0 Å². The minimum absolute atomic E-state index is 0.676. The van der Waals surface area contributed by atoms with Gasteiger partial charge in [-0.1, -0.05) is 0 Å². The van der Waals surface area contributed by atoms with Crippen LogP contribution in [0.3, 0.4) is 0 Å². The van der Waals surface area contributed by atoms with Gasteiger partial charge in [-0.2, -0.15) is 0 Å². The molecule has 0 saturated heterocycles. The zero-order chi connectivity index (χ0) is 3.41. The summed E-state index contributed by atoms with van der Waals surface area (Å²) in [5, 5.41) is 0. The third-order valence-electron chi connectivity index (χ3n) is 0.0373. The summed E-state index contributed by atoms with van der Waals surface area (Å²) in [6.07, 6.45) is 0. The third kappa shape index (κ3) is 2.34. The Bertz CT molecular complexity index is 44.0. The van der Waals surface area contributed by atoms with Gasteiger partial charge >= 0.3 is 35.7 Å². The Morgan fingerprint density at radius 1 is 2.00 bits per heavy atom. The molecule has 0 fully saturated rings. The van der Waals surface area contributed by atoms with Crippen LogP contribution in [0.5, 0.6) is 0 Å². The van der Waals surface area contributed by atoms with Crippen molar-refractivity contribution in [1.29, 1.82) is 4.78 Å². The average Bonchev–Trinajstić information content (AvgIpc) is 1.37. The van der Waals surface area contributed by atoms with Crippen LogP contribution in [0.1, 0.15) is 0 Å². The Morgan fingerprint density at radius 3 is 2.25 bits per heavy atom. The molecule has 2 nitrogen and oxygen atoms in total. The molecule has 0 aromatic carbocycles. The van der Waals surface area contributed by atoms with Crippen molar-refractivity contribution in [2.24, 2.45) is 3.38 Å². The van der Waals surface area contributed by atoms with Crippen molar-refractivity contribution < 1.29 is 0 Å². The van der Waals surface area contributed by atoms with Gasteiger partial charge in [-0.3, -0.25) is 0 Å². The van der Waals surface area contributed by atoms with Crippen molar-refractivity contribution >= 4 is 27.6 Å². The molecule has 0 aliphatic rings. The predicted molar refractivity (Wildman–Crippen MR) is 18.3 cm³/mol. The Kier molecular flexibility index (Phi) is 3.62.